The molecule has 0 saturated carbocycles. The molecule has 2 aromatic rings. The lowest BCUT2D eigenvalue weighted by molar-refractivity contribution is 0.0968. The third-order valence-electron chi connectivity index (χ3n) is 4.22. The number of hydrogen-bond donors (Lipinski definition) is 2. The summed E-state index contributed by atoms with van der Waals surface area (Å²) >= 11 is 1.67. The molecular weight excluding hydrogens is 284 g/mol. The van der Waals surface area contributed by atoms with E-state index in [1.165, 1.54) is 5.69 Å². The third-order valence-corrected chi connectivity index (χ3v) is 4.98. The molecule has 1 aliphatic rings. The molecule has 0 bridgehead atoms. The summed E-state index contributed by atoms with van der Waals surface area (Å²) in [6.45, 7) is 7.92. The Morgan fingerprint density at radius 1 is 1.52 bits per heavy atom. The summed E-state index contributed by atoms with van der Waals surface area (Å²) in [5, 5.41) is 15.5. The Bertz CT molecular complexity index is 594. The monoisotopic (exact) mass is 308 g/mol. The van der Waals surface area contributed by atoms with Crippen molar-refractivity contribution >= 4 is 22.1 Å². The highest BCUT2D eigenvalue weighted by Gasteiger charge is 2.27. The van der Waals surface area contributed by atoms with Crippen molar-refractivity contribution in [3.8, 4) is 0 Å². The lowest BCUT2D eigenvalue weighted by atomic mass is 9.97. The van der Waals surface area contributed by atoms with Gasteiger partial charge in [-0.25, -0.2) is 4.98 Å². The summed E-state index contributed by atoms with van der Waals surface area (Å²) in [6.07, 6.45) is 3.88. The molecule has 2 unspecified atom stereocenters. The number of hydrogen-bond acceptors (Lipinski definition) is 5. The van der Waals surface area contributed by atoms with Gasteiger partial charge in [-0.1, -0.05) is 13.8 Å². The largest absolute Gasteiger partial charge is 0.393 e. The van der Waals surface area contributed by atoms with Crippen LogP contribution < -0.4 is 10.2 Å². The highest BCUT2D eigenvalue weighted by atomic mass is 32.1. The molecule has 0 spiro atoms. The lowest BCUT2D eigenvalue weighted by Crippen LogP contribution is -2.42. The quantitative estimate of drug-likeness (QED) is 0.831. The Morgan fingerprint density at radius 3 is 3.14 bits per heavy atom. The van der Waals surface area contributed by atoms with Crippen LogP contribution in [0.4, 0.5) is 5.82 Å². The van der Waals surface area contributed by atoms with Crippen LogP contribution in [-0.4, -0.2) is 40.2 Å². The van der Waals surface area contributed by atoms with Gasteiger partial charge in [0.2, 0.25) is 0 Å². The Kier molecular flexibility index (Phi) is 4.47. The van der Waals surface area contributed by atoms with E-state index in [9.17, 15) is 5.11 Å². The number of nitrogens with zero attached hydrogens (tertiary/aromatic N) is 3. The van der Waals surface area contributed by atoms with Crippen LogP contribution in [0.3, 0.4) is 0 Å². The first-order valence-electron chi connectivity index (χ1n) is 7.78. The van der Waals surface area contributed by atoms with Gasteiger partial charge in [0.15, 0.2) is 10.8 Å². The zero-order valence-electron chi connectivity index (χ0n) is 12.7. The van der Waals surface area contributed by atoms with Crippen molar-refractivity contribution in [2.45, 2.75) is 39.3 Å². The lowest BCUT2D eigenvalue weighted by Gasteiger charge is -2.35. The fraction of sp³-hybridized carbons (Fsp3) is 0.667. The highest BCUT2D eigenvalue weighted by molar-refractivity contribution is 7.15. The van der Waals surface area contributed by atoms with E-state index in [1.54, 1.807) is 11.3 Å². The Labute approximate surface area is 129 Å². The summed E-state index contributed by atoms with van der Waals surface area (Å²) < 4.78 is 2.19. The van der Waals surface area contributed by atoms with Crippen LogP contribution >= 0.6 is 11.3 Å². The highest BCUT2D eigenvalue weighted by Crippen LogP contribution is 2.28. The van der Waals surface area contributed by atoms with Crippen molar-refractivity contribution in [1.82, 2.24) is 14.7 Å². The molecule has 1 aliphatic heterocycles. The SMILES string of the molecule is CCCNCc1c(N2CCC(O)C(C)C2)nc2sccn12. The number of nitrogens with one attached hydrogen (secondary N) is 1. The van der Waals surface area contributed by atoms with Crippen LogP contribution in [0.25, 0.3) is 4.96 Å². The number of thiazole rings is 1. The van der Waals surface area contributed by atoms with Gasteiger partial charge in [0, 0.05) is 31.2 Å². The number of fused-ring (bicyclic) bond motifs is 1. The first-order chi connectivity index (χ1) is 10.2. The van der Waals surface area contributed by atoms with Crippen LogP contribution in [0, 0.1) is 5.92 Å². The predicted molar refractivity (Wildman–Crippen MR) is 87.1 cm³/mol. The summed E-state index contributed by atoms with van der Waals surface area (Å²) in [5.41, 5.74) is 1.24. The zero-order valence-corrected chi connectivity index (χ0v) is 13.6. The van der Waals surface area contributed by atoms with Crippen molar-refractivity contribution in [3.05, 3.63) is 17.3 Å². The number of aromatic nitrogens is 2. The number of aliphatic hydroxyl groups is 1. The Hall–Kier alpha value is -1.11. The predicted octanol–water partition coefficient (Wildman–Crippen LogP) is 2.10. The van der Waals surface area contributed by atoms with Crippen LogP contribution in [-0.2, 0) is 6.54 Å². The van der Waals surface area contributed by atoms with E-state index in [2.05, 4.69) is 40.0 Å². The van der Waals surface area contributed by atoms with Crippen molar-refractivity contribution < 1.29 is 5.11 Å². The van der Waals surface area contributed by atoms with Crippen molar-refractivity contribution in [2.24, 2.45) is 5.92 Å². The number of imidazole rings is 1. The van der Waals surface area contributed by atoms with Crippen LogP contribution in [0.1, 0.15) is 32.4 Å². The number of piperidine rings is 1. The molecule has 0 aliphatic carbocycles. The Balaban J connectivity index is 1.86. The average molecular weight is 308 g/mol. The molecule has 0 radical (unpaired) electrons. The van der Waals surface area contributed by atoms with Gasteiger partial charge in [-0.05, 0) is 25.3 Å². The average Bonchev–Trinajstić information content (AvgIpc) is 3.04. The number of rotatable bonds is 5. The summed E-state index contributed by atoms with van der Waals surface area (Å²) in [6, 6.07) is 0. The summed E-state index contributed by atoms with van der Waals surface area (Å²) in [7, 11) is 0. The van der Waals surface area contributed by atoms with E-state index < -0.39 is 0 Å². The fourth-order valence-corrected chi connectivity index (χ4v) is 3.68. The minimum atomic E-state index is -0.174. The maximum absolute atomic E-state index is 9.92. The maximum Gasteiger partial charge on any atom is 0.195 e. The van der Waals surface area contributed by atoms with Crippen molar-refractivity contribution in [2.75, 3.05) is 24.5 Å². The number of aliphatic hydroxyl groups excluding tert-OH is 1. The van der Waals surface area contributed by atoms with Crippen molar-refractivity contribution in [3.63, 3.8) is 0 Å². The normalized spacial score (nSPS) is 23.1. The summed E-state index contributed by atoms with van der Waals surface area (Å²) in [4.78, 5) is 8.21. The maximum atomic E-state index is 9.92. The molecule has 116 valence electrons. The molecule has 2 atom stereocenters. The topological polar surface area (TPSA) is 52.8 Å². The zero-order chi connectivity index (χ0) is 14.8. The Morgan fingerprint density at radius 2 is 2.38 bits per heavy atom. The smallest absolute Gasteiger partial charge is 0.195 e. The van der Waals surface area contributed by atoms with Crippen LogP contribution in [0.15, 0.2) is 11.6 Å². The summed E-state index contributed by atoms with van der Waals surface area (Å²) in [5.74, 6) is 1.39. The fourth-order valence-electron chi connectivity index (χ4n) is 2.95. The minimum absolute atomic E-state index is 0.174. The van der Waals surface area contributed by atoms with Crippen molar-refractivity contribution in [1.29, 1.82) is 0 Å². The number of anilines is 1. The van der Waals surface area contributed by atoms with E-state index in [0.29, 0.717) is 5.92 Å². The molecule has 1 fully saturated rings. The van der Waals surface area contributed by atoms with Gasteiger partial charge in [0.25, 0.3) is 0 Å². The van der Waals surface area contributed by atoms with E-state index in [-0.39, 0.29) is 6.10 Å². The van der Waals surface area contributed by atoms with Gasteiger partial charge in [0.1, 0.15) is 0 Å². The molecule has 0 amide bonds. The molecule has 3 heterocycles. The van der Waals surface area contributed by atoms with Gasteiger partial charge < -0.3 is 15.3 Å². The first-order valence-corrected chi connectivity index (χ1v) is 8.66. The molecule has 3 rings (SSSR count). The second-order valence-corrected chi connectivity index (χ2v) is 6.77. The third kappa shape index (κ3) is 2.93. The van der Waals surface area contributed by atoms with Gasteiger partial charge in [-0.15, -0.1) is 11.3 Å². The second kappa shape index (κ2) is 6.34. The first kappa shape index (κ1) is 14.8. The van der Waals surface area contributed by atoms with Gasteiger partial charge in [-0.2, -0.15) is 0 Å². The molecule has 6 heteroatoms. The van der Waals surface area contributed by atoms with Gasteiger partial charge in [0.05, 0.1) is 11.8 Å². The van der Waals surface area contributed by atoms with Gasteiger partial charge in [-0.3, -0.25) is 4.40 Å². The van der Waals surface area contributed by atoms with E-state index in [4.69, 9.17) is 4.98 Å². The molecule has 1 saturated heterocycles. The second-order valence-electron chi connectivity index (χ2n) is 5.89. The standard InChI is InChI=1S/C15H24N4OS/c1-3-5-16-9-12-14(17-15-19(12)7-8-21-15)18-6-4-13(20)11(2)10-18/h7-8,11,13,16,20H,3-6,9-10H2,1-2H3. The van der Waals surface area contributed by atoms with E-state index in [0.717, 1.165) is 49.8 Å². The van der Waals surface area contributed by atoms with E-state index >= 15 is 0 Å². The minimum Gasteiger partial charge on any atom is -0.393 e. The molecular formula is C15H24N4OS. The van der Waals surface area contributed by atoms with Crippen LogP contribution in [0.2, 0.25) is 0 Å². The van der Waals surface area contributed by atoms with Crippen LogP contribution in [0.5, 0.6) is 0 Å². The molecule has 0 aromatic carbocycles. The molecule has 5 nitrogen and oxygen atoms in total. The van der Waals surface area contributed by atoms with Gasteiger partial charge >= 0.3 is 0 Å². The van der Waals surface area contributed by atoms with E-state index in [1.807, 2.05) is 0 Å². The molecule has 21 heavy (non-hydrogen) atoms. The molecule has 2 aromatic heterocycles. The molecule has 2 N–H and O–H groups in total.